The van der Waals surface area contributed by atoms with Gasteiger partial charge in [-0.15, -0.1) is 0 Å². The van der Waals surface area contributed by atoms with E-state index in [4.69, 9.17) is 29.6 Å². The fourth-order valence-electron chi connectivity index (χ4n) is 1.58. The van der Waals surface area contributed by atoms with Gasteiger partial charge in [0.1, 0.15) is 4.99 Å². The predicted molar refractivity (Wildman–Crippen MR) is 79.5 cm³/mol. The molecule has 4 nitrogen and oxygen atoms in total. The highest BCUT2D eigenvalue weighted by molar-refractivity contribution is 7.80. The van der Waals surface area contributed by atoms with E-state index in [-0.39, 0.29) is 10.6 Å². The molecule has 7 heteroatoms. The highest BCUT2D eigenvalue weighted by Crippen LogP contribution is 2.22. The molecule has 0 aliphatic heterocycles. The molecule has 0 aliphatic rings. The van der Waals surface area contributed by atoms with Crippen LogP contribution in [0.3, 0.4) is 0 Å². The minimum absolute atomic E-state index is 0.104. The van der Waals surface area contributed by atoms with Gasteiger partial charge in [0.2, 0.25) is 0 Å². The van der Waals surface area contributed by atoms with E-state index < -0.39 is 11.7 Å². The smallest absolute Gasteiger partial charge is 0.258 e. The Morgan fingerprint density at radius 3 is 2.75 bits per heavy atom. The molecule has 1 aromatic carbocycles. The van der Waals surface area contributed by atoms with Gasteiger partial charge in [-0.3, -0.25) is 9.78 Å². The van der Waals surface area contributed by atoms with E-state index in [2.05, 4.69) is 10.3 Å². The van der Waals surface area contributed by atoms with Crippen LogP contribution < -0.4 is 11.1 Å². The maximum absolute atomic E-state index is 13.5. The summed E-state index contributed by atoms with van der Waals surface area (Å²) in [5.74, 6) is -1.35. The zero-order chi connectivity index (χ0) is 14.7. The molecule has 0 fully saturated rings. The topological polar surface area (TPSA) is 68.0 Å². The summed E-state index contributed by atoms with van der Waals surface area (Å²) in [4.78, 5) is 15.7. The van der Waals surface area contributed by atoms with Crippen LogP contribution in [0.25, 0.3) is 0 Å². The SMILES string of the molecule is NC(=S)c1ccc(Cl)cc1NC(=O)c1ccncc1F. The lowest BCUT2D eigenvalue weighted by molar-refractivity contribution is 0.102. The van der Waals surface area contributed by atoms with Gasteiger partial charge < -0.3 is 11.1 Å². The first-order chi connectivity index (χ1) is 9.49. The monoisotopic (exact) mass is 309 g/mol. The summed E-state index contributed by atoms with van der Waals surface area (Å²) in [7, 11) is 0. The van der Waals surface area contributed by atoms with Gasteiger partial charge in [-0.1, -0.05) is 23.8 Å². The number of amides is 1. The molecule has 2 aromatic rings. The molecular formula is C13H9ClFN3OS. The highest BCUT2D eigenvalue weighted by atomic mass is 35.5. The summed E-state index contributed by atoms with van der Waals surface area (Å²) in [6.07, 6.45) is 2.28. The van der Waals surface area contributed by atoms with Crippen LogP contribution in [0.4, 0.5) is 10.1 Å². The lowest BCUT2D eigenvalue weighted by Gasteiger charge is -2.11. The third-order valence-electron chi connectivity index (χ3n) is 2.51. The minimum atomic E-state index is -0.719. The Labute approximate surface area is 124 Å². The number of nitrogens with one attached hydrogen (secondary N) is 1. The normalized spacial score (nSPS) is 10.1. The third kappa shape index (κ3) is 3.09. The van der Waals surface area contributed by atoms with Crippen molar-refractivity contribution in [2.24, 2.45) is 5.73 Å². The van der Waals surface area contributed by atoms with Gasteiger partial charge in [0.15, 0.2) is 5.82 Å². The molecule has 0 atom stereocenters. The number of halogens is 2. The summed E-state index contributed by atoms with van der Waals surface area (Å²) >= 11 is 10.8. The maximum Gasteiger partial charge on any atom is 0.258 e. The predicted octanol–water partition coefficient (Wildman–Crippen LogP) is 2.76. The second kappa shape index (κ2) is 5.94. The number of anilines is 1. The molecule has 1 heterocycles. The van der Waals surface area contributed by atoms with Crippen molar-refractivity contribution in [2.45, 2.75) is 0 Å². The van der Waals surface area contributed by atoms with Gasteiger partial charge in [-0.25, -0.2) is 4.39 Å². The maximum atomic E-state index is 13.5. The number of pyridine rings is 1. The van der Waals surface area contributed by atoms with Crippen molar-refractivity contribution in [1.82, 2.24) is 4.98 Å². The van der Waals surface area contributed by atoms with Crippen LogP contribution in [0.5, 0.6) is 0 Å². The van der Waals surface area contributed by atoms with Gasteiger partial charge in [-0.2, -0.15) is 0 Å². The zero-order valence-electron chi connectivity index (χ0n) is 10.1. The van der Waals surface area contributed by atoms with E-state index in [0.29, 0.717) is 16.3 Å². The second-order valence-corrected chi connectivity index (χ2v) is 4.74. The number of carbonyl (C=O) groups is 1. The molecule has 0 aliphatic carbocycles. The molecule has 0 unspecified atom stereocenters. The average Bonchev–Trinajstić information content (AvgIpc) is 2.38. The lowest BCUT2D eigenvalue weighted by atomic mass is 10.1. The molecule has 102 valence electrons. The van der Waals surface area contributed by atoms with Gasteiger partial charge in [0, 0.05) is 16.8 Å². The molecule has 0 saturated heterocycles. The van der Waals surface area contributed by atoms with Crippen LogP contribution >= 0.6 is 23.8 Å². The van der Waals surface area contributed by atoms with E-state index in [9.17, 15) is 9.18 Å². The number of hydrogen-bond acceptors (Lipinski definition) is 3. The van der Waals surface area contributed by atoms with Crippen molar-refractivity contribution in [3.8, 4) is 0 Å². The Hall–Kier alpha value is -2.05. The number of thiocarbonyl (C=S) groups is 1. The van der Waals surface area contributed by atoms with Crippen LogP contribution in [0.2, 0.25) is 5.02 Å². The molecule has 0 bridgehead atoms. The van der Waals surface area contributed by atoms with Crippen LogP contribution in [0.15, 0.2) is 36.7 Å². The second-order valence-electron chi connectivity index (χ2n) is 3.86. The van der Waals surface area contributed by atoms with Gasteiger partial charge >= 0.3 is 0 Å². The molecule has 1 aromatic heterocycles. The van der Waals surface area contributed by atoms with Crippen LogP contribution in [0, 0.1) is 5.82 Å². The first-order valence-corrected chi connectivity index (χ1v) is 6.28. The quantitative estimate of drug-likeness (QED) is 0.856. The fourth-order valence-corrected chi connectivity index (χ4v) is 1.93. The van der Waals surface area contributed by atoms with E-state index in [1.165, 1.54) is 18.3 Å². The summed E-state index contributed by atoms with van der Waals surface area (Å²) in [6.45, 7) is 0. The van der Waals surface area contributed by atoms with Crippen molar-refractivity contribution in [3.63, 3.8) is 0 Å². The molecule has 0 spiro atoms. The number of rotatable bonds is 3. The van der Waals surface area contributed by atoms with Crippen molar-refractivity contribution in [2.75, 3.05) is 5.32 Å². The Morgan fingerprint density at radius 1 is 1.35 bits per heavy atom. The molecular weight excluding hydrogens is 301 g/mol. The third-order valence-corrected chi connectivity index (χ3v) is 2.97. The van der Waals surface area contributed by atoms with Crippen molar-refractivity contribution in [3.05, 3.63) is 58.6 Å². The Bertz CT molecular complexity index is 693. The van der Waals surface area contributed by atoms with Gasteiger partial charge in [-0.05, 0) is 24.3 Å². The number of benzene rings is 1. The van der Waals surface area contributed by atoms with Gasteiger partial charge in [0.25, 0.3) is 5.91 Å². The number of carbonyl (C=O) groups excluding carboxylic acids is 1. The molecule has 20 heavy (non-hydrogen) atoms. The molecule has 3 N–H and O–H groups in total. The Kier molecular flexibility index (Phi) is 4.26. The van der Waals surface area contributed by atoms with Crippen molar-refractivity contribution < 1.29 is 9.18 Å². The van der Waals surface area contributed by atoms with Gasteiger partial charge in [0.05, 0.1) is 17.4 Å². The Balaban J connectivity index is 2.35. The number of aromatic nitrogens is 1. The molecule has 1 amide bonds. The van der Waals surface area contributed by atoms with Crippen molar-refractivity contribution >= 4 is 40.4 Å². The van der Waals surface area contributed by atoms with E-state index in [1.807, 2.05) is 0 Å². The van der Waals surface area contributed by atoms with E-state index in [1.54, 1.807) is 12.1 Å². The van der Waals surface area contributed by atoms with E-state index >= 15 is 0 Å². The Morgan fingerprint density at radius 2 is 2.10 bits per heavy atom. The molecule has 0 radical (unpaired) electrons. The summed E-state index contributed by atoms with van der Waals surface area (Å²) < 4.78 is 13.5. The molecule has 2 rings (SSSR count). The van der Waals surface area contributed by atoms with Crippen molar-refractivity contribution in [1.29, 1.82) is 0 Å². The lowest BCUT2D eigenvalue weighted by Crippen LogP contribution is -2.18. The summed E-state index contributed by atoms with van der Waals surface area (Å²) in [5.41, 5.74) is 6.21. The summed E-state index contributed by atoms with van der Waals surface area (Å²) in [5, 5.41) is 2.93. The molecule has 0 saturated carbocycles. The summed E-state index contributed by atoms with van der Waals surface area (Å²) in [6, 6.07) is 5.95. The van der Waals surface area contributed by atoms with Crippen LogP contribution in [0.1, 0.15) is 15.9 Å². The minimum Gasteiger partial charge on any atom is -0.389 e. The number of hydrogen-bond donors (Lipinski definition) is 2. The zero-order valence-corrected chi connectivity index (χ0v) is 11.6. The van der Waals surface area contributed by atoms with Crippen LogP contribution in [-0.2, 0) is 0 Å². The highest BCUT2D eigenvalue weighted by Gasteiger charge is 2.14. The first kappa shape index (κ1) is 14.4. The standard InChI is InChI=1S/C13H9ClFN3OS/c14-7-1-2-9(12(16)20)11(5-7)18-13(19)8-3-4-17-6-10(8)15/h1-6H,(H2,16,20)(H,18,19). The number of nitrogens with zero attached hydrogens (tertiary/aromatic N) is 1. The first-order valence-electron chi connectivity index (χ1n) is 5.49. The number of nitrogens with two attached hydrogens (primary N) is 1. The average molecular weight is 310 g/mol. The van der Waals surface area contributed by atoms with Crippen LogP contribution in [-0.4, -0.2) is 15.9 Å². The fraction of sp³-hybridized carbons (Fsp3) is 0. The largest absolute Gasteiger partial charge is 0.389 e. The van der Waals surface area contributed by atoms with E-state index in [0.717, 1.165) is 6.20 Å².